The second kappa shape index (κ2) is 8.62. The first-order valence-corrected chi connectivity index (χ1v) is 9.03. The Hall–Kier alpha value is -3.26. The molecule has 0 amide bonds. The molecule has 0 bridgehead atoms. The van der Waals surface area contributed by atoms with Gasteiger partial charge in [0.1, 0.15) is 10.8 Å². The maximum atomic E-state index is 12.9. The van der Waals surface area contributed by atoms with E-state index in [0.29, 0.717) is 16.5 Å². The lowest BCUT2D eigenvalue weighted by atomic mass is 10.1. The number of esters is 1. The van der Waals surface area contributed by atoms with Crippen LogP contribution in [0.1, 0.15) is 20.8 Å². The predicted octanol–water partition coefficient (Wildman–Crippen LogP) is 4.01. The van der Waals surface area contributed by atoms with Gasteiger partial charge in [-0.2, -0.15) is 0 Å². The fraction of sp³-hybridized carbons (Fsp3) is 0.150. The minimum Gasteiger partial charge on any atom is -0.493 e. The highest BCUT2D eigenvalue weighted by molar-refractivity contribution is 7.13. The molecule has 0 atom stereocenters. The number of aromatic nitrogens is 1. The molecule has 0 unspecified atom stereocenters. The highest BCUT2D eigenvalue weighted by atomic mass is 32.1. The monoisotopic (exact) mass is 401 g/mol. The minimum atomic E-state index is -0.710. The van der Waals surface area contributed by atoms with E-state index in [1.54, 1.807) is 30.7 Å². The number of nitrogens with zero attached hydrogens (tertiary/aromatic N) is 1. The summed E-state index contributed by atoms with van der Waals surface area (Å²) in [7, 11) is 3.08. The number of halogens is 1. The molecule has 3 rings (SSSR count). The van der Waals surface area contributed by atoms with E-state index in [0.717, 1.165) is 5.56 Å². The van der Waals surface area contributed by atoms with Crippen molar-refractivity contribution in [1.82, 2.24) is 4.98 Å². The van der Waals surface area contributed by atoms with E-state index in [9.17, 15) is 14.0 Å². The van der Waals surface area contributed by atoms with Crippen LogP contribution >= 0.6 is 11.3 Å². The number of carbonyl (C=O) groups is 2. The van der Waals surface area contributed by atoms with Crippen LogP contribution < -0.4 is 9.47 Å². The summed E-state index contributed by atoms with van der Waals surface area (Å²) in [6, 6.07) is 10.3. The van der Waals surface area contributed by atoms with Gasteiger partial charge in [0, 0.05) is 16.5 Å². The smallest absolute Gasteiger partial charge is 0.358 e. The molecule has 1 aromatic heterocycles. The first-order valence-electron chi connectivity index (χ1n) is 8.15. The number of ether oxygens (including phenoxy) is 3. The molecule has 0 aliphatic carbocycles. The molecule has 0 fully saturated rings. The van der Waals surface area contributed by atoms with Gasteiger partial charge in [-0.05, 0) is 42.5 Å². The maximum absolute atomic E-state index is 12.9. The van der Waals surface area contributed by atoms with Crippen molar-refractivity contribution in [2.45, 2.75) is 0 Å². The van der Waals surface area contributed by atoms with Gasteiger partial charge in [-0.25, -0.2) is 14.2 Å². The fourth-order valence-electron chi connectivity index (χ4n) is 2.39. The summed E-state index contributed by atoms with van der Waals surface area (Å²) in [4.78, 5) is 28.4. The van der Waals surface area contributed by atoms with Crippen LogP contribution in [0.15, 0.2) is 47.8 Å². The lowest BCUT2D eigenvalue weighted by Gasteiger charge is -2.08. The van der Waals surface area contributed by atoms with E-state index in [1.165, 1.54) is 42.7 Å². The Bertz CT molecular complexity index is 1000. The Morgan fingerprint density at radius 3 is 2.43 bits per heavy atom. The molecule has 144 valence electrons. The molecule has 0 spiro atoms. The summed E-state index contributed by atoms with van der Waals surface area (Å²) in [5, 5.41) is 2.15. The number of hydrogen-bond acceptors (Lipinski definition) is 7. The third-order valence-corrected chi connectivity index (χ3v) is 4.74. The van der Waals surface area contributed by atoms with E-state index < -0.39 is 24.2 Å². The molecule has 0 N–H and O–H groups in total. The number of carbonyl (C=O) groups excluding carboxylic acids is 2. The van der Waals surface area contributed by atoms with Crippen molar-refractivity contribution in [1.29, 1.82) is 0 Å². The second-order valence-electron chi connectivity index (χ2n) is 5.61. The molecular weight excluding hydrogens is 385 g/mol. The second-order valence-corrected chi connectivity index (χ2v) is 6.47. The van der Waals surface area contributed by atoms with Crippen molar-refractivity contribution in [3.8, 4) is 22.1 Å². The number of methoxy groups -OCH3 is 2. The topological polar surface area (TPSA) is 74.7 Å². The number of Topliss-reactive ketones (excluding diaryl/α,β-unsaturated/α-hetero) is 1. The van der Waals surface area contributed by atoms with Gasteiger partial charge in [-0.15, -0.1) is 11.3 Å². The standard InChI is InChI=1S/C20H16FNO5S/c1-25-17-8-5-13(9-18(17)26-2)19-22-15(11-28-19)20(24)27-10-16(23)12-3-6-14(21)7-4-12/h3-9,11H,10H2,1-2H3. The van der Waals surface area contributed by atoms with Crippen LogP contribution in [-0.2, 0) is 4.74 Å². The molecule has 1 heterocycles. The quantitative estimate of drug-likeness (QED) is 0.440. The molecule has 0 aliphatic rings. The third-order valence-electron chi connectivity index (χ3n) is 3.84. The van der Waals surface area contributed by atoms with Crippen molar-refractivity contribution in [3.05, 3.63) is 64.9 Å². The van der Waals surface area contributed by atoms with Crippen LogP contribution in [0.2, 0.25) is 0 Å². The molecule has 6 nitrogen and oxygen atoms in total. The summed E-state index contributed by atoms with van der Waals surface area (Å²) >= 11 is 1.26. The Labute approximate surface area is 164 Å². The van der Waals surface area contributed by atoms with Crippen LogP contribution in [-0.4, -0.2) is 37.6 Å². The normalized spacial score (nSPS) is 10.4. The molecule has 3 aromatic rings. The fourth-order valence-corrected chi connectivity index (χ4v) is 3.18. The Morgan fingerprint density at radius 2 is 1.75 bits per heavy atom. The molecule has 0 aliphatic heterocycles. The van der Waals surface area contributed by atoms with Crippen molar-refractivity contribution < 1.29 is 28.2 Å². The highest BCUT2D eigenvalue weighted by Crippen LogP contribution is 2.33. The van der Waals surface area contributed by atoms with Crippen LogP contribution in [0.5, 0.6) is 11.5 Å². The third kappa shape index (κ3) is 4.34. The van der Waals surface area contributed by atoms with Gasteiger partial charge in [0.2, 0.25) is 0 Å². The van der Waals surface area contributed by atoms with Crippen molar-refractivity contribution in [2.24, 2.45) is 0 Å². The van der Waals surface area contributed by atoms with Crippen molar-refractivity contribution >= 4 is 23.1 Å². The molecule has 0 saturated heterocycles. The van der Waals surface area contributed by atoms with Gasteiger partial charge < -0.3 is 14.2 Å². The number of hydrogen-bond donors (Lipinski definition) is 0. The number of rotatable bonds is 7. The number of benzene rings is 2. The minimum absolute atomic E-state index is 0.0988. The number of thiazole rings is 1. The zero-order chi connectivity index (χ0) is 20.1. The van der Waals surface area contributed by atoms with Gasteiger partial charge >= 0.3 is 5.97 Å². The van der Waals surface area contributed by atoms with Crippen LogP contribution in [0.25, 0.3) is 10.6 Å². The summed E-state index contributed by atoms with van der Waals surface area (Å²) in [6.07, 6.45) is 0. The van der Waals surface area contributed by atoms with Crippen LogP contribution in [0.3, 0.4) is 0 Å². The summed E-state index contributed by atoms with van der Waals surface area (Å²) < 4.78 is 28.4. The van der Waals surface area contributed by atoms with Crippen molar-refractivity contribution in [3.63, 3.8) is 0 Å². The first-order chi connectivity index (χ1) is 13.5. The summed E-state index contributed by atoms with van der Waals surface area (Å²) in [6.45, 7) is -0.451. The Morgan fingerprint density at radius 1 is 1.04 bits per heavy atom. The van der Waals surface area contributed by atoms with E-state index in [2.05, 4.69) is 4.98 Å². The maximum Gasteiger partial charge on any atom is 0.358 e. The molecule has 0 radical (unpaired) electrons. The Balaban J connectivity index is 1.67. The van der Waals surface area contributed by atoms with Gasteiger partial charge in [0.05, 0.1) is 14.2 Å². The molecule has 2 aromatic carbocycles. The summed E-state index contributed by atoms with van der Waals surface area (Å²) in [5.41, 5.74) is 1.12. The van der Waals surface area contributed by atoms with Gasteiger partial charge in [0.25, 0.3) is 0 Å². The van der Waals surface area contributed by atoms with Crippen LogP contribution in [0, 0.1) is 5.82 Å². The highest BCUT2D eigenvalue weighted by Gasteiger charge is 2.16. The summed E-state index contributed by atoms with van der Waals surface area (Å²) in [5.74, 6) is -0.452. The first kappa shape index (κ1) is 19.5. The van der Waals surface area contributed by atoms with Crippen molar-refractivity contribution in [2.75, 3.05) is 20.8 Å². The average Bonchev–Trinajstić information content (AvgIpc) is 3.22. The van der Waals surface area contributed by atoms with Gasteiger partial charge in [-0.1, -0.05) is 0 Å². The zero-order valence-corrected chi connectivity index (χ0v) is 15.9. The number of ketones is 1. The van der Waals surface area contributed by atoms with Gasteiger partial charge in [0.15, 0.2) is 29.6 Å². The average molecular weight is 401 g/mol. The van der Waals surface area contributed by atoms with E-state index in [4.69, 9.17) is 14.2 Å². The molecule has 28 heavy (non-hydrogen) atoms. The van der Waals surface area contributed by atoms with Crippen LogP contribution in [0.4, 0.5) is 4.39 Å². The van der Waals surface area contributed by atoms with E-state index in [1.807, 2.05) is 0 Å². The SMILES string of the molecule is COc1ccc(-c2nc(C(=O)OCC(=O)c3ccc(F)cc3)cs2)cc1OC. The molecule has 8 heteroatoms. The Kier molecular flexibility index (Phi) is 6.00. The van der Waals surface area contributed by atoms with E-state index in [-0.39, 0.29) is 11.3 Å². The lowest BCUT2D eigenvalue weighted by molar-refractivity contribution is 0.0470. The largest absolute Gasteiger partial charge is 0.493 e. The predicted molar refractivity (Wildman–Crippen MR) is 102 cm³/mol. The zero-order valence-electron chi connectivity index (χ0n) is 15.1. The molecular formula is C20H16FNO5S. The van der Waals surface area contributed by atoms with E-state index >= 15 is 0 Å². The van der Waals surface area contributed by atoms with Gasteiger partial charge in [-0.3, -0.25) is 4.79 Å². The molecule has 0 saturated carbocycles. The lowest BCUT2D eigenvalue weighted by Crippen LogP contribution is -2.14.